The Kier molecular flexibility index (Phi) is 7.50. The summed E-state index contributed by atoms with van der Waals surface area (Å²) in [6.45, 7) is 0.611. The quantitative estimate of drug-likeness (QED) is 0.427. The zero-order valence-electron chi connectivity index (χ0n) is 18.8. The lowest BCUT2D eigenvalue weighted by molar-refractivity contribution is -0.136. The van der Waals surface area contributed by atoms with Gasteiger partial charge in [-0.25, -0.2) is 0 Å². The highest BCUT2D eigenvalue weighted by molar-refractivity contribution is 7.21. The van der Waals surface area contributed by atoms with Crippen LogP contribution in [0.15, 0.2) is 48.5 Å². The van der Waals surface area contributed by atoms with Gasteiger partial charge in [-0.2, -0.15) is 0 Å². The molecule has 1 heterocycles. The van der Waals surface area contributed by atoms with Crippen LogP contribution in [0.2, 0.25) is 0 Å². The van der Waals surface area contributed by atoms with Gasteiger partial charge in [0.1, 0.15) is 23.8 Å². The van der Waals surface area contributed by atoms with Gasteiger partial charge in [0, 0.05) is 23.2 Å². The third-order valence-electron chi connectivity index (χ3n) is 6.06. The van der Waals surface area contributed by atoms with Crippen molar-refractivity contribution >= 4 is 33.3 Å². The molecule has 7 heteroatoms. The maximum Gasteiger partial charge on any atom is 0.307 e. The summed E-state index contributed by atoms with van der Waals surface area (Å²) < 4.78 is 12.9. The molecule has 0 atom stereocenters. The van der Waals surface area contributed by atoms with E-state index < -0.39 is 5.97 Å². The number of ether oxygens (including phenoxy) is 2. The molecule has 1 aromatic heterocycles. The number of carboxylic acids is 1. The zero-order valence-corrected chi connectivity index (χ0v) is 19.6. The molecule has 1 fully saturated rings. The van der Waals surface area contributed by atoms with Gasteiger partial charge in [0.15, 0.2) is 5.75 Å². The molecule has 33 heavy (non-hydrogen) atoms. The molecule has 0 radical (unpaired) electrons. The van der Waals surface area contributed by atoms with Crippen molar-refractivity contribution in [3.8, 4) is 11.5 Å². The standard InChI is InChI=1S/C26H29NO5S/c1-27(19-7-3-2-4-8-19)26(30)25-24(21-9-5-6-10-22(21)33-25)32-16-15-31-20-13-11-18(12-14-20)17-23(28)29/h5-6,9-14,19H,2-4,7-8,15-17H2,1H3,(H,28,29). The molecule has 1 saturated carbocycles. The number of aliphatic carboxylic acids is 1. The van der Waals surface area contributed by atoms with Crippen LogP contribution >= 0.6 is 11.3 Å². The summed E-state index contributed by atoms with van der Waals surface area (Å²) in [5, 5.41) is 9.82. The van der Waals surface area contributed by atoms with Gasteiger partial charge in [0.2, 0.25) is 0 Å². The fourth-order valence-electron chi connectivity index (χ4n) is 4.28. The number of amides is 1. The van der Waals surface area contributed by atoms with E-state index in [1.165, 1.54) is 30.6 Å². The first-order chi connectivity index (χ1) is 16.0. The highest BCUT2D eigenvalue weighted by Crippen LogP contribution is 2.39. The molecule has 0 aliphatic heterocycles. The van der Waals surface area contributed by atoms with Crippen molar-refractivity contribution in [3.63, 3.8) is 0 Å². The smallest absolute Gasteiger partial charge is 0.307 e. The molecular weight excluding hydrogens is 438 g/mol. The maximum absolute atomic E-state index is 13.4. The maximum atomic E-state index is 13.4. The topological polar surface area (TPSA) is 76.1 Å². The number of hydrogen-bond acceptors (Lipinski definition) is 5. The Morgan fingerprint density at radius 3 is 2.42 bits per heavy atom. The van der Waals surface area contributed by atoms with E-state index in [1.54, 1.807) is 24.3 Å². The molecule has 0 saturated heterocycles. The first kappa shape index (κ1) is 23.1. The Bertz CT molecular complexity index is 1100. The second-order valence-electron chi connectivity index (χ2n) is 8.38. The minimum absolute atomic E-state index is 0.0132. The molecule has 0 bridgehead atoms. The van der Waals surface area contributed by atoms with Gasteiger partial charge in [-0.15, -0.1) is 11.3 Å². The number of hydrogen-bond donors (Lipinski definition) is 1. The molecule has 4 rings (SSSR count). The predicted octanol–water partition coefficient (Wildman–Crippen LogP) is 5.39. The first-order valence-electron chi connectivity index (χ1n) is 11.4. The molecule has 2 aromatic carbocycles. The number of carbonyl (C=O) groups is 2. The van der Waals surface area contributed by atoms with Crippen molar-refractivity contribution in [2.75, 3.05) is 20.3 Å². The van der Waals surface area contributed by atoms with Gasteiger partial charge in [-0.05, 0) is 42.7 Å². The molecular formula is C26H29NO5S. The van der Waals surface area contributed by atoms with E-state index in [4.69, 9.17) is 14.6 Å². The van der Waals surface area contributed by atoms with E-state index in [-0.39, 0.29) is 18.4 Å². The minimum Gasteiger partial charge on any atom is -0.490 e. The van der Waals surface area contributed by atoms with Crippen LogP contribution < -0.4 is 9.47 Å². The van der Waals surface area contributed by atoms with Crippen molar-refractivity contribution in [1.29, 1.82) is 0 Å². The van der Waals surface area contributed by atoms with E-state index in [0.717, 1.165) is 28.5 Å². The molecule has 0 spiro atoms. The Balaban J connectivity index is 1.42. The fraction of sp³-hybridized carbons (Fsp3) is 0.385. The summed E-state index contributed by atoms with van der Waals surface area (Å²) in [5.41, 5.74) is 0.723. The summed E-state index contributed by atoms with van der Waals surface area (Å²) >= 11 is 1.48. The Hall–Kier alpha value is -3.06. The van der Waals surface area contributed by atoms with Crippen LogP contribution in [0, 0.1) is 0 Å². The first-order valence-corrected chi connectivity index (χ1v) is 12.2. The van der Waals surface area contributed by atoms with E-state index >= 15 is 0 Å². The van der Waals surface area contributed by atoms with Gasteiger partial charge in [-0.3, -0.25) is 9.59 Å². The monoisotopic (exact) mass is 467 g/mol. The second kappa shape index (κ2) is 10.7. The van der Waals surface area contributed by atoms with Gasteiger partial charge < -0.3 is 19.5 Å². The SMILES string of the molecule is CN(C(=O)c1sc2ccccc2c1OCCOc1ccc(CC(=O)O)cc1)C1CCCCC1. The molecule has 1 aliphatic carbocycles. The highest BCUT2D eigenvalue weighted by Gasteiger charge is 2.27. The molecule has 1 amide bonds. The summed E-state index contributed by atoms with van der Waals surface area (Å²) in [6.07, 6.45) is 5.70. The number of carboxylic acid groups (broad SMARTS) is 1. The van der Waals surface area contributed by atoms with Crippen LogP contribution in [0.4, 0.5) is 0 Å². The molecule has 1 aliphatic rings. The van der Waals surface area contributed by atoms with Crippen molar-refractivity contribution in [1.82, 2.24) is 4.90 Å². The average Bonchev–Trinajstić information content (AvgIpc) is 3.20. The average molecular weight is 468 g/mol. The van der Waals surface area contributed by atoms with Crippen molar-refractivity contribution in [2.45, 2.75) is 44.6 Å². The van der Waals surface area contributed by atoms with Crippen LogP contribution in [-0.4, -0.2) is 48.2 Å². The Morgan fingerprint density at radius 1 is 1.00 bits per heavy atom. The van der Waals surface area contributed by atoms with Crippen molar-refractivity contribution < 1.29 is 24.2 Å². The van der Waals surface area contributed by atoms with Crippen LogP contribution in [0.25, 0.3) is 10.1 Å². The number of rotatable bonds is 9. The number of carbonyl (C=O) groups excluding carboxylic acids is 1. The summed E-state index contributed by atoms with van der Waals surface area (Å²) in [4.78, 5) is 26.7. The Labute approximate surface area is 197 Å². The number of fused-ring (bicyclic) bond motifs is 1. The second-order valence-corrected chi connectivity index (χ2v) is 9.43. The van der Waals surface area contributed by atoms with E-state index in [9.17, 15) is 9.59 Å². The number of benzene rings is 2. The zero-order chi connectivity index (χ0) is 23.2. The molecule has 0 unspecified atom stereocenters. The largest absolute Gasteiger partial charge is 0.490 e. The van der Waals surface area contributed by atoms with Crippen LogP contribution in [-0.2, 0) is 11.2 Å². The van der Waals surface area contributed by atoms with Gasteiger partial charge in [0.25, 0.3) is 5.91 Å². The third kappa shape index (κ3) is 5.66. The van der Waals surface area contributed by atoms with Gasteiger partial charge >= 0.3 is 5.97 Å². The molecule has 3 aromatic rings. The van der Waals surface area contributed by atoms with Crippen LogP contribution in [0.1, 0.15) is 47.3 Å². The lowest BCUT2D eigenvalue weighted by Gasteiger charge is -2.31. The minimum atomic E-state index is -0.862. The third-order valence-corrected chi connectivity index (χ3v) is 7.20. The Morgan fingerprint density at radius 2 is 1.70 bits per heavy atom. The van der Waals surface area contributed by atoms with Crippen LogP contribution in [0.3, 0.4) is 0 Å². The van der Waals surface area contributed by atoms with Crippen molar-refractivity contribution in [2.24, 2.45) is 0 Å². The summed E-state index contributed by atoms with van der Waals surface area (Å²) in [7, 11) is 1.91. The number of nitrogens with zero attached hydrogens (tertiary/aromatic N) is 1. The lowest BCUT2D eigenvalue weighted by Crippen LogP contribution is -2.38. The molecule has 1 N–H and O–H groups in total. The van der Waals surface area contributed by atoms with E-state index in [2.05, 4.69) is 0 Å². The highest BCUT2D eigenvalue weighted by atomic mass is 32.1. The van der Waals surface area contributed by atoms with Gasteiger partial charge in [-0.1, -0.05) is 43.5 Å². The van der Waals surface area contributed by atoms with Crippen LogP contribution in [0.5, 0.6) is 11.5 Å². The summed E-state index contributed by atoms with van der Waals surface area (Å²) in [6, 6.07) is 15.2. The van der Waals surface area contributed by atoms with E-state index in [0.29, 0.717) is 29.6 Å². The summed E-state index contributed by atoms with van der Waals surface area (Å²) in [5.74, 6) is 0.437. The molecule has 174 valence electrons. The van der Waals surface area contributed by atoms with Gasteiger partial charge in [0.05, 0.1) is 6.42 Å². The fourth-order valence-corrected chi connectivity index (χ4v) is 5.41. The normalized spacial score (nSPS) is 14.2. The lowest BCUT2D eigenvalue weighted by atomic mass is 9.94. The van der Waals surface area contributed by atoms with Crippen molar-refractivity contribution in [3.05, 3.63) is 59.0 Å². The van der Waals surface area contributed by atoms with E-state index in [1.807, 2.05) is 36.2 Å². The predicted molar refractivity (Wildman–Crippen MR) is 130 cm³/mol. The molecule has 6 nitrogen and oxygen atoms in total. The number of thiophene rings is 1.